The van der Waals surface area contributed by atoms with Gasteiger partial charge in [0.1, 0.15) is 5.82 Å². The molecule has 5 N–H and O–H groups in total. The number of phenols is 1. The highest BCUT2D eigenvalue weighted by Crippen LogP contribution is 2.44. The van der Waals surface area contributed by atoms with Crippen LogP contribution in [-0.2, 0) is 12.0 Å². The van der Waals surface area contributed by atoms with E-state index in [9.17, 15) is 32.2 Å². The molecule has 1 atom stereocenters. The molecule has 0 aliphatic carbocycles. The Kier molecular flexibility index (Phi) is 5.59. The molecular formula is C20H22F5N3O2. The van der Waals surface area contributed by atoms with Crippen LogP contribution in [0.15, 0.2) is 30.3 Å². The van der Waals surface area contributed by atoms with Gasteiger partial charge in [-0.15, -0.1) is 0 Å². The standard InChI is InChI=1S/C20H22F5N3O2/c1-18(2,13-6-11(21)7-14(22)17(13)29)9-19(30,20(23,24)25)10-26-15-4-3-5-16-12(15)8-27-28-16/h3-7,26-30H,8-10H2,1-2H3. The third-order valence-electron chi connectivity index (χ3n) is 5.25. The lowest BCUT2D eigenvalue weighted by Gasteiger charge is -2.38. The van der Waals surface area contributed by atoms with Gasteiger partial charge in [-0.2, -0.15) is 13.2 Å². The van der Waals surface area contributed by atoms with Crippen molar-refractivity contribution in [3.63, 3.8) is 0 Å². The van der Waals surface area contributed by atoms with E-state index in [1.165, 1.54) is 13.8 Å². The first-order valence-electron chi connectivity index (χ1n) is 9.16. The smallest absolute Gasteiger partial charge is 0.418 e. The number of anilines is 2. The van der Waals surface area contributed by atoms with Crippen LogP contribution < -0.4 is 16.2 Å². The highest BCUT2D eigenvalue weighted by Gasteiger charge is 2.56. The zero-order valence-corrected chi connectivity index (χ0v) is 16.3. The van der Waals surface area contributed by atoms with Crippen LogP contribution in [0.25, 0.3) is 0 Å². The minimum Gasteiger partial charge on any atom is -0.505 e. The average Bonchev–Trinajstić information content (AvgIpc) is 3.11. The van der Waals surface area contributed by atoms with Gasteiger partial charge in [0, 0.05) is 29.4 Å². The van der Waals surface area contributed by atoms with Crippen molar-refractivity contribution in [1.29, 1.82) is 0 Å². The Balaban J connectivity index is 1.90. The number of benzene rings is 2. The number of aliphatic hydroxyl groups is 1. The highest BCUT2D eigenvalue weighted by molar-refractivity contribution is 5.67. The summed E-state index contributed by atoms with van der Waals surface area (Å²) in [6.45, 7) is 2.03. The maximum absolute atomic E-state index is 13.9. The molecule has 0 amide bonds. The topological polar surface area (TPSA) is 76.5 Å². The Labute approximate surface area is 169 Å². The monoisotopic (exact) mass is 431 g/mol. The molecule has 164 valence electrons. The lowest BCUT2D eigenvalue weighted by molar-refractivity contribution is -0.260. The largest absolute Gasteiger partial charge is 0.505 e. The first-order chi connectivity index (χ1) is 13.8. The maximum Gasteiger partial charge on any atom is 0.418 e. The van der Waals surface area contributed by atoms with Crippen molar-refractivity contribution < 1.29 is 32.2 Å². The number of halogens is 5. The van der Waals surface area contributed by atoms with Gasteiger partial charge in [0.2, 0.25) is 0 Å². The minimum absolute atomic E-state index is 0.364. The third kappa shape index (κ3) is 4.15. The molecule has 5 nitrogen and oxygen atoms in total. The Morgan fingerprint density at radius 2 is 1.83 bits per heavy atom. The van der Waals surface area contributed by atoms with Gasteiger partial charge < -0.3 is 21.0 Å². The van der Waals surface area contributed by atoms with Gasteiger partial charge in [-0.25, -0.2) is 14.2 Å². The fraction of sp³-hybridized carbons (Fsp3) is 0.400. The fourth-order valence-electron chi connectivity index (χ4n) is 3.70. The molecule has 0 radical (unpaired) electrons. The van der Waals surface area contributed by atoms with Gasteiger partial charge in [-0.3, -0.25) is 0 Å². The van der Waals surface area contributed by atoms with E-state index in [1.807, 2.05) is 0 Å². The zero-order valence-electron chi connectivity index (χ0n) is 16.3. The molecule has 0 bridgehead atoms. The number of hydrogen-bond acceptors (Lipinski definition) is 5. The van der Waals surface area contributed by atoms with Gasteiger partial charge in [-0.05, 0) is 30.0 Å². The van der Waals surface area contributed by atoms with E-state index >= 15 is 0 Å². The summed E-state index contributed by atoms with van der Waals surface area (Å²) in [6, 6.07) is 6.18. The number of aromatic hydroxyl groups is 1. The van der Waals surface area contributed by atoms with Crippen molar-refractivity contribution in [3.05, 3.63) is 53.1 Å². The predicted molar refractivity (Wildman–Crippen MR) is 102 cm³/mol. The molecule has 3 rings (SSSR count). The van der Waals surface area contributed by atoms with Crippen molar-refractivity contribution in [2.24, 2.45) is 0 Å². The van der Waals surface area contributed by atoms with E-state index in [0.29, 0.717) is 29.5 Å². The highest BCUT2D eigenvalue weighted by atomic mass is 19.4. The van der Waals surface area contributed by atoms with Crippen molar-refractivity contribution >= 4 is 11.4 Å². The quantitative estimate of drug-likeness (QED) is 0.444. The van der Waals surface area contributed by atoms with E-state index < -0.39 is 47.5 Å². The van der Waals surface area contributed by atoms with Crippen LogP contribution >= 0.6 is 0 Å². The summed E-state index contributed by atoms with van der Waals surface area (Å²) in [4.78, 5) is 0. The Bertz CT molecular complexity index is 949. The summed E-state index contributed by atoms with van der Waals surface area (Å²) < 4.78 is 69.0. The average molecular weight is 431 g/mol. The number of hydrazine groups is 1. The normalized spacial score (nSPS) is 16.0. The predicted octanol–water partition coefficient (Wildman–Crippen LogP) is 4.17. The lowest BCUT2D eigenvalue weighted by Crippen LogP contribution is -2.53. The number of nitrogens with one attached hydrogen (secondary N) is 3. The zero-order chi connectivity index (χ0) is 22.3. The number of rotatable bonds is 6. The van der Waals surface area contributed by atoms with Gasteiger partial charge in [0.05, 0.1) is 12.2 Å². The van der Waals surface area contributed by atoms with Crippen LogP contribution in [-0.4, -0.2) is 28.5 Å². The van der Waals surface area contributed by atoms with Crippen LogP contribution in [0.1, 0.15) is 31.4 Å². The number of fused-ring (bicyclic) bond motifs is 1. The summed E-state index contributed by atoms with van der Waals surface area (Å²) in [5, 5.41) is 23.2. The Morgan fingerprint density at radius 1 is 1.13 bits per heavy atom. The molecule has 0 spiro atoms. The van der Waals surface area contributed by atoms with E-state index in [-0.39, 0.29) is 5.56 Å². The molecule has 0 saturated carbocycles. The first-order valence-corrected chi connectivity index (χ1v) is 9.16. The second-order valence-electron chi connectivity index (χ2n) is 8.04. The second-order valence-corrected chi connectivity index (χ2v) is 8.04. The summed E-state index contributed by atoms with van der Waals surface area (Å²) >= 11 is 0. The SMILES string of the molecule is CC(C)(CC(O)(CNc1cccc2c1CNN2)C(F)(F)F)c1cc(F)cc(F)c1O. The van der Waals surface area contributed by atoms with E-state index in [1.54, 1.807) is 18.2 Å². The van der Waals surface area contributed by atoms with Crippen molar-refractivity contribution in [3.8, 4) is 5.75 Å². The van der Waals surface area contributed by atoms with E-state index in [4.69, 9.17) is 0 Å². The van der Waals surface area contributed by atoms with Gasteiger partial charge in [0.25, 0.3) is 0 Å². The van der Waals surface area contributed by atoms with Gasteiger partial charge >= 0.3 is 6.18 Å². The van der Waals surface area contributed by atoms with E-state index in [0.717, 1.165) is 6.07 Å². The second kappa shape index (κ2) is 7.59. The number of alkyl halides is 3. The van der Waals surface area contributed by atoms with Crippen LogP contribution in [0.3, 0.4) is 0 Å². The molecular weight excluding hydrogens is 409 g/mol. The van der Waals surface area contributed by atoms with Gasteiger partial charge in [-0.1, -0.05) is 19.9 Å². The molecule has 1 aliphatic heterocycles. The number of phenolic OH excluding ortho intramolecular Hbond substituents is 1. The minimum atomic E-state index is -5.05. The van der Waals surface area contributed by atoms with Crippen LogP contribution in [0.2, 0.25) is 0 Å². The molecule has 30 heavy (non-hydrogen) atoms. The van der Waals surface area contributed by atoms with Gasteiger partial charge in [0.15, 0.2) is 17.2 Å². The first kappa shape index (κ1) is 22.1. The summed E-state index contributed by atoms with van der Waals surface area (Å²) in [6.07, 6.45) is -5.99. The molecule has 0 saturated heterocycles. The molecule has 1 heterocycles. The van der Waals surface area contributed by atoms with Crippen molar-refractivity contribution in [2.75, 3.05) is 17.3 Å². The van der Waals surface area contributed by atoms with Crippen LogP contribution in [0.5, 0.6) is 5.75 Å². The van der Waals surface area contributed by atoms with Crippen molar-refractivity contribution in [1.82, 2.24) is 5.43 Å². The number of hydrogen-bond donors (Lipinski definition) is 5. The summed E-state index contributed by atoms with van der Waals surface area (Å²) in [7, 11) is 0. The molecule has 2 aromatic rings. The Hall–Kier alpha value is -2.59. The van der Waals surface area contributed by atoms with Crippen molar-refractivity contribution in [2.45, 2.75) is 44.0 Å². The summed E-state index contributed by atoms with van der Waals surface area (Å²) in [5.74, 6) is -3.27. The molecule has 10 heteroatoms. The fourth-order valence-corrected chi connectivity index (χ4v) is 3.70. The van der Waals surface area contributed by atoms with E-state index in [2.05, 4.69) is 16.2 Å². The van der Waals surface area contributed by atoms with Crippen LogP contribution in [0.4, 0.5) is 33.3 Å². The lowest BCUT2D eigenvalue weighted by atomic mass is 9.74. The molecule has 0 aromatic heterocycles. The Morgan fingerprint density at radius 3 is 2.50 bits per heavy atom. The molecule has 1 aliphatic rings. The summed E-state index contributed by atoms with van der Waals surface area (Å²) in [5.41, 5.74) is 2.34. The molecule has 0 fully saturated rings. The molecule has 2 aromatic carbocycles. The maximum atomic E-state index is 13.9. The van der Waals surface area contributed by atoms with Crippen LogP contribution in [0, 0.1) is 11.6 Å². The molecule has 1 unspecified atom stereocenters. The third-order valence-corrected chi connectivity index (χ3v) is 5.25.